The van der Waals surface area contributed by atoms with Crippen LogP contribution in [0.25, 0.3) is 0 Å². The van der Waals surface area contributed by atoms with E-state index in [-0.39, 0.29) is 0 Å². The molecule has 0 aliphatic carbocycles. The van der Waals surface area contributed by atoms with Crippen molar-refractivity contribution in [2.75, 3.05) is 0 Å². The summed E-state index contributed by atoms with van der Waals surface area (Å²) in [6.45, 7) is 0.476. The van der Waals surface area contributed by atoms with Crippen molar-refractivity contribution >= 4 is 33.7 Å². The monoisotopic (exact) mass is 390 g/mol. The van der Waals surface area contributed by atoms with E-state index in [9.17, 15) is 0 Å². The predicted octanol–water partition coefficient (Wildman–Crippen LogP) is 4.16. The molecule has 0 aliphatic rings. The van der Waals surface area contributed by atoms with Gasteiger partial charge in [-0.15, -0.1) is 10.2 Å². The smallest absolute Gasteiger partial charge is 0.141 e. The normalized spacial score (nSPS) is 11.0. The lowest BCUT2D eigenvalue weighted by atomic mass is 10.2. The second-order valence-corrected chi connectivity index (χ2v) is 5.98. The van der Waals surface area contributed by atoms with E-state index in [2.05, 4.69) is 31.2 Å². The minimum absolute atomic E-state index is 0.476. The highest BCUT2D eigenvalue weighted by atomic mass is 79.9. The molecule has 7 heteroatoms. The van der Waals surface area contributed by atoms with Crippen LogP contribution in [0, 0.1) is 0 Å². The number of nitrogens with zero attached hydrogens (tertiary/aromatic N) is 4. The summed E-state index contributed by atoms with van der Waals surface area (Å²) in [5.41, 5.74) is 1.99. The molecule has 0 N–H and O–H groups in total. The Morgan fingerprint density at radius 1 is 1.13 bits per heavy atom. The predicted molar refractivity (Wildman–Crippen MR) is 92.9 cm³/mol. The average molecular weight is 392 g/mol. The van der Waals surface area contributed by atoms with Gasteiger partial charge < -0.3 is 4.74 Å². The molecule has 0 radical (unpaired) electrons. The third-order valence-electron chi connectivity index (χ3n) is 3.01. The van der Waals surface area contributed by atoms with Crippen LogP contribution >= 0.6 is 27.5 Å². The van der Waals surface area contributed by atoms with E-state index in [0.29, 0.717) is 11.6 Å². The molecule has 5 nitrogen and oxygen atoms in total. The van der Waals surface area contributed by atoms with Crippen molar-refractivity contribution in [1.82, 2.24) is 14.9 Å². The van der Waals surface area contributed by atoms with Gasteiger partial charge in [0.25, 0.3) is 0 Å². The average Bonchev–Trinajstić information content (AvgIpc) is 3.07. The summed E-state index contributed by atoms with van der Waals surface area (Å²) in [5, 5.41) is 12.3. The topological polar surface area (TPSA) is 52.3 Å². The van der Waals surface area contributed by atoms with Gasteiger partial charge in [0, 0.05) is 5.02 Å². The van der Waals surface area contributed by atoms with E-state index in [4.69, 9.17) is 16.3 Å². The highest BCUT2D eigenvalue weighted by molar-refractivity contribution is 9.10. The van der Waals surface area contributed by atoms with Crippen LogP contribution in [-0.4, -0.2) is 21.1 Å². The number of rotatable bonds is 5. The molecule has 0 spiro atoms. The molecule has 0 aliphatic heterocycles. The second kappa shape index (κ2) is 7.39. The van der Waals surface area contributed by atoms with Gasteiger partial charge in [-0.1, -0.05) is 23.7 Å². The van der Waals surface area contributed by atoms with Gasteiger partial charge in [-0.05, 0) is 57.4 Å². The van der Waals surface area contributed by atoms with Crippen LogP contribution in [0.5, 0.6) is 5.75 Å². The highest BCUT2D eigenvalue weighted by Gasteiger charge is 2.03. The van der Waals surface area contributed by atoms with Crippen molar-refractivity contribution in [1.29, 1.82) is 0 Å². The van der Waals surface area contributed by atoms with Crippen LogP contribution in [0.4, 0.5) is 0 Å². The van der Waals surface area contributed by atoms with E-state index in [1.54, 1.807) is 6.21 Å². The molecule has 3 aromatic rings. The van der Waals surface area contributed by atoms with E-state index >= 15 is 0 Å². The summed E-state index contributed by atoms with van der Waals surface area (Å²) in [4.78, 5) is 0. The maximum atomic E-state index is 5.87. The highest BCUT2D eigenvalue weighted by Crippen LogP contribution is 2.26. The maximum absolute atomic E-state index is 5.87. The first-order valence-electron chi connectivity index (χ1n) is 6.76. The largest absolute Gasteiger partial charge is 0.488 e. The molecule has 0 saturated carbocycles. The summed E-state index contributed by atoms with van der Waals surface area (Å²) in [5.74, 6) is 0.765. The fourth-order valence-electron chi connectivity index (χ4n) is 1.84. The van der Waals surface area contributed by atoms with Crippen LogP contribution in [0.2, 0.25) is 5.02 Å². The molecule has 23 heavy (non-hydrogen) atoms. The molecule has 0 atom stereocenters. The quantitative estimate of drug-likeness (QED) is 0.614. The lowest BCUT2D eigenvalue weighted by molar-refractivity contribution is 0.304. The zero-order valence-corrected chi connectivity index (χ0v) is 14.3. The standard InChI is InChI=1S/C16H12BrClN4O/c17-15-7-13(8-21-22-10-19-20-11-22)3-6-16(15)23-9-12-1-4-14(18)5-2-12/h1-8,10-11H,9H2/b21-8-. The van der Waals surface area contributed by atoms with Gasteiger partial charge in [0.05, 0.1) is 10.7 Å². The van der Waals surface area contributed by atoms with Gasteiger partial charge in [0.15, 0.2) is 0 Å². The number of halogens is 2. The lowest BCUT2D eigenvalue weighted by Crippen LogP contribution is -1.96. The van der Waals surface area contributed by atoms with Crippen LogP contribution in [0.3, 0.4) is 0 Å². The molecule has 0 amide bonds. The van der Waals surface area contributed by atoms with Gasteiger partial charge in [-0.2, -0.15) is 5.10 Å². The minimum atomic E-state index is 0.476. The number of ether oxygens (including phenoxy) is 1. The molecular weight excluding hydrogens is 380 g/mol. The van der Waals surface area contributed by atoms with Gasteiger partial charge in [-0.3, -0.25) is 0 Å². The zero-order valence-electron chi connectivity index (χ0n) is 11.9. The summed E-state index contributed by atoms with van der Waals surface area (Å²) in [6, 6.07) is 13.3. The van der Waals surface area contributed by atoms with Crippen LogP contribution in [0.1, 0.15) is 11.1 Å². The van der Waals surface area contributed by atoms with E-state index < -0.39 is 0 Å². The Kier molecular flexibility index (Phi) is 5.05. The summed E-state index contributed by atoms with van der Waals surface area (Å²) >= 11 is 9.38. The summed E-state index contributed by atoms with van der Waals surface area (Å²) in [6.07, 6.45) is 4.77. The number of hydrogen-bond acceptors (Lipinski definition) is 4. The van der Waals surface area contributed by atoms with E-state index in [0.717, 1.165) is 21.3 Å². The molecule has 0 fully saturated rings. The lowest BCUT2D eigenvalue weighted by Gasteiger charge is -2.09. The number of benzene rings is 2. The molecule has 0 unspecified atom stereocenters. The Balaban J connectivity index is 1.66. The Labute approximate surface area is 146 Å². The zero-order chi connectivity index (χ0) is 16.1. The SMILES string of the molecule is Clc1ccc(COc2ccc(/C=N\n3cnnc3)cc2Br)cc1. The summed E-state index contributed by atoms with van der Waals surface area (Å²) in [7, 11) is 0. The van der Waals surface area contributed by atoms with E-state index in [1.165, 1.54) is 17.3 Å². The number of hydrogen-bond donors (Lipinski definition) is 0. The third-order valence-corrected chi connectivity index (χ3v) is 3.88. The Hall–Kier alpha value is -2.18. The summed E-state index contributed by atoms with van der Waals surface area (Å²) < 4.78 is 8.20. The van der Waals surface area contributed by atoms with Gasteiger partial charge in [0.2, 0.25) is 0 Å². The fourth-order valence-corrected chi connectivity index (χ4v) is 2.48. The minimum Gasteiger partial charge on any atom is -0.488 e. The van der Waals surface area contributed by atoms with Crippen molar-refractivity contribution in [3.05, 3.63) is 75.7 Å². The van der Waals surface area contributed by atoms with Gasteiger partial charge in [0.1, 0.15) is 25.0 Å². The Bertz CT molecular complexity index is 803. The first-order chi connectivity index (χ1) is 11.2. The molecule has 2 aromatic carbocycles. The molecule has 0 saturated heterocycles. The van der Waals surface area contributed by atoms with Crippen LogP contribution < -0.4 is 4.74 Å². The van der Waals surface area contributed by atoms with Gasteiger partial charge in [-0.25, -0.2) is 4.68 Å². The molecule has 3 rings (SSSR count). The number of aromatic nitrogens is 3. The first-order valence-corrected chi connectivity index (χ1v) is 7.93. The molecule has 1 aromatic heterocycles. The van der Waals surface area contributed by atoms with E-state index in [1.807, 2.05) is 42.5 Å². The molecule has 116 valence electrons. The van der Waals surface area contributed by atoms with Gasteiger partial charge >= 0.3 is 0 Å². The fraction of sp³-hybridized carbons (Fsp3) is 0.0625. The third kappa shape index (κ3) is 4.40. The second-order valence-electron chi connectivity index (χ2n) is 4.69. The molecule has 0 bridgehead atoms. The molecule has 1 heterocycles. The van der Waals surface area contributed by atoms with Crippen molar-refractivity contribution < 1.29 is 4.74 Å². The Morgan fingerprint density at radius 2 is 1.87 bits per heavy atom. The van der Waals surface area contributed by atoms with Crippen LogP contribution in [-0.2, 0) is 6.61 Å². The first kappa shape index (κ1) is 15.7. The van der Waals surface area contributed by atoms with Crippen molar-refractivity contribution in [2.45, 2.75) is 6.61 Å². The van der Waals surface area contributed by atoms with Crippen molar-refractivity contribution in [3.63, 3.8) is 0 Å². The van der Waals surface area contributed by atoms with Crippen molar-refractivity contribution in [3.8, 4) is 5.75 Å². The van der Waals surface area contributed by atoms with Crippen LogP contribution in [0.15, 0.2) is 64.7 Å². The maximum Gasteiger partial charge on any atom is 0.141 e. The Morgan fingerprint density at radius 3 is 2.57 bits per heavy atom. The van der Waals surface area contributed by atoms with Crippen molar-refractivity contribution in [2.24, 2.45) is 5.10 Å². The molecular formula is C16H12BrClN4O.